The van der Waals surface area contributed by atoms with Crippen molar-refractivity contribution in [2.24, 2.45) is 0 Å². The minimum atomic E-state index is 0.0558. The SMILES string of the molecule is O=C(Cc1cccc(Oc2ccccc2)c1)c1ccc(OCCN(Cc2ccccc2)Cc2ccccc2)cc1. The summed E-state index contributed by atoms with van der Waals surface area (Å²) in [5.74, 6) is 2.30. The summed E-state index contributed by atoms with van der Waals surface area (Å²) in [5.41, 5.74) is 4.13. The van der Waals surface area contributed by atoms with Crippen LogP contribution in [-0.2, 0) is 19.5 Å². The van der Waals surface area contributed by atoms with E-state index in [1.807, 2.05) is 91.0 Å². The molecule has 0 unspecified atom stereocenters. The summed E-state index contributed by atoms with van der Waals surface area (Å²) in [4.78, 5) is 15.3. The monoisotopic (exact) mass is 527 g/mol. The van der Waals surface area contributed by atoms with Gasteiger partial charge in [-0.05, 0) is 65.2 Å². The molecule has 0 atom stereocenters. The number of hydrogen-bond acceptors (Lipinski definition) is 4. The summed E-state index contributed by atoms with van der Waals surface area (Å²) in [6, 6.07) is 45.7. The number of ketones is 1. The van der Waals surface area contributed by atoms with Gasteiger partial charge >= 0.3 is 0 Å². The molecule has 0 aliphatic heterocycles. The highest BCUT2D eigenvalue weighted by Crippen LogP contribution is 2.23. The number of nitrogens with zero attached hydrogens (tertiary/aromatic N) is 1. The highest BCUT2D eigenvalue weighted by molar-refractivity contribution is 5.97. The van der Waals surface area contributed by atoms with Crippen LogP contribution >= 0.6 is 0 Å². The van der Waals surface area contributed by atoms with Crippen LogP contribution in [0.2, 0.25) is 0 Å². The molecule has 0 spiro atoms. The first-order chi connectivity index (χ1) is 19.7. The molecule has 0 aliphatic rings. The van der Waals surface area contributed by atoms with E-state index in [1.165, 1.54) is 11.1 Å². The predicted octanol–water partition coefficient (Wildman–Crippen LogP) is 7.99. The molecular weight excluding hydrogens is 494 g/mol. The van der Waals surface area contributed by atoms with Gasteiger partial charge in [0.1, 0.15) is 23.9 Å². The second-order valence-electron chi connectivity index (χ2n) is 9.72. The fourth-order valence-electron chi connectivity index (χ4n) is 4.56. The summed E-state index contributed by atoms with van der Waals surface area (Å²) in [6.45, 7) is 3.04. The Morgan fingerprint density at radius 3 is 1.73 bits per heavy atom. The van der Waals surface area contributed by atoms with Gasteiger partial charge in [-0.25, -0.2) is 0 Å². The first kappa shape index (κ1) is 26.9. The average Bonchev–Trinajstić information content (AvgIpc) is 2.99. The normalized spacial score (nSPS) is 10.8. The molecule has 4 heteroatoms. The summed E-state index contributed by atoms with van der Waals surface area (Å²) < 4.78 is 12.0. The van der Waals surface area contributed by atoms with E-state index in [2.05, 4.69) is 53.4 Å². The molecular formula is C36H33NO3. The Bertz CT molecular complexity index is 1430. The van der Waals surface area contributed by atoms with Crippen molar-refractivity contribution in [1.29, 1.82) is 0 Å². The highest BCUT2D eigenvalue weighted by atomic mass is 16.5. The van der Waals surface area contributed by atoms with Crippen molar-refractivity contribution >= 4 is 5.78 Å². The van der Waals surface area contributed by atoms with Crippen LogP contribution < -0.4 is 9.47 Å². The fourth-order valence-corrected chi connectivity index (χ4v) is 4.56. The molecule has 5 aromatic rings. The standard InChI is InChI=1S/C36H33NO3/c38-36(26-31-15-10-18-35(25-31)40-34-16-8-3-9-17-34)32-19-21-33(22-20-32)39-24-23-37(27-29-11-4-1-5-12-29)28-30-13-6-2-7-14-30/h1-22,25H,23-24,26-28H2. The van der Waals surface area contributed by atoms with Crippen molar-refractivity contribution < 1.29 is 14.3 Å². The van der Waals surface area contributed by atoms with E-state index in [9.17, 15) is 4.79 Å². The first-order valence-electron chi connectivity index (χ1n) is 13.6. The van der Waals surface area contributed by atoms with Crippen molar-refractivity contribution in [2.45, 2.75) is 19.5 Å². The van der Waals surface area contributed by atoms with Gasteiger partial charge in [-0.1, -0.05) is 91.0 Å². The average molecular weight is 528 g/mol. The Kier molecular flexibility index (Phi) is 9.37. The van der Waals surface area contributed by atoms with Crippen molar-refractivity contribution in [1.82, 2.24) is 4.90 Å². The lowest BCUT2D eigenvalue weighted by Gasteiger charge is -2.23. The van der Waals surface area contributed by atoms with Crippen molar-refractivity contribution in [3.05, 3.63) is 162 Å². The molecule has 0 radical (unpaired) electrons. The summed E-state index contributed by atoms with van der Waals surface area (Å²) in [7, 11) is 0. The lowest BCUT2D eigenvalue weighted by molar-refractivity contribution is 0.0993. The molecule has 0 saturated carbocycles. The van der Waals surface area contributed by atoms with E-state index in [0.29, 0.717) is 24.3 Å². The van der Waals surface area contributed by atoms with Crippen molar-refractivity contribution in [3.63, 3.8) is 0 Å². The number of carbonyl (C=O) groups excluding carboxylic acids is 1. The predicted molar refractivity (Wildman–Crippen MR) is 160 cm³/mol. The van der Waals surface area contributed by atoms with Crippen molar-refractivity contribution in [3.8, 4) is 17.2 Å². The number of rotatable bonds is 13. The van der Waals surface area contributed by atoms with Crippen LogP contribution in [0.5, 0.6) is 17.2 Å². The summed E-state index contributed by atoms with van der Waals surface area (Å²) in [5, 5.41) is 0. The maximum absolute atomic E-state index is 13.0. The number of benzene rings is 5. The quantitative estimate of drug-likeness (QED) is 0.146. The number of carbonyl (C=O) groups is 1. The Morgan fingerprint density at radius 1 is 0.550 bits per heavy atom. The van der Waals surface area contributed by atoms with Crippen LogP contribution in [0.1, 0.15) is 27.0 Å². The third-order valence-electron chi connectivity index (χ3n) is 6.59. The van der Waals surface area contributed by atoms with Crippen LogP contribution in [0, 0.1) is 0 Å². The second-order valence-corrected chi connectivity index (χ2v) is 9.72. The molecule has 0 heterocycles. The van der Waals surface area contributed by atoms with Gasteiger partial charge in [-0.3, -0.25) is 9.69 Å². The molecule has 0 amide bonds. The van der Waals surface area contributed by atoms with E-state index in [0.717, 1.165) is 36.7 Å². The molecule has 0 N–H and O–H groups in total. The van der Waals surface area contributed by atoms with Crippen LogP contribution in [0.4, 0.5) is 0 Å². The fraction of sp³-hybridized carbons (Fsp3) is 0.139. The molecule has 0 aliphatic carbocycles. The number of Topliss-reactive ketones (excluding diaryl/α,β-unsaturated/α-hetero) is 1. The zero-order valence-corrected chi connectivity index (χ0v) is 22.5. The zero-order valence-electron chi connectivity index (χ0n) is 22.5. The largest absolute Gasteiger partial charge is 0.492 e. The van der Waals surface area contributed by atoms with Gasteiger partial charge in [0.2, 0.25) is 0 Å². The Morgan fingerprint density at radius 2 is 1.10 bits per heavy atom. The molecule has 0 fully saturated rings. The Hall–Kier alpha value is -4.67. The van der Waals surface area contributed by atoms with Gasteiger partial charge in [-0.2, -0.15) is 0 Å². The topological polar surface area (TPSA) is 38.8 Å². The van der Waals surface area contributed by atoms with E-state index < -0.39 is 0 Å². The molecule has 40 heavy (non-hydrogen) atoms. The van der Waals surface area contributed by atoms with Gasteiger partial charge in [0.25, 0.3) is 0 Å². The zero-order chi connectivity index (χ0) is 27.4. The molecule has 0 bridgehead atoms. The van der Waals surface area contributed by atoms with Crippen LogP contribution in [-0.4, -0.2) is 23.8 Å². The maximum atomic E-state index is 13.0. The Balaban J connectivity index is 1.14. The molecule has 0 saturated heterocycles. The molecule has 200 valence electrons. The van der Waals surface area contributed by atoms with Gasteiger partial charge in [0, 0.05) is 31.6 Å². The molecule has 0 aromatic heterocycles. The van der Waals surface area contributed by atoms with Gasteiger partial charge in [-0.15, -0.1) is 0 Å². The molecule has 4 nitrogen and oxygen atoms in total. The lowest BCUT2D eigenvalue weighted by atomic mass is 10.0. The van der Waals surface area contributed by atoms with Crippen LogP contribution in [0.3, 0.4) is 0 Å². The maximum Gasteiger partial charge on any atom is 0.167 e. The van der Waals surface area contributed by atoms with Crippen LogP contribution in [0.25, 0.3) is 0 Å². The van der Waals surface area contributed by atoms with Gasteiger partial charge < -0.3 is 9.47 Å². The molecule has 5 aromatic carbocycles. The van der Waals surface area contributed by atoms with Crippen molar-refractivity contribution in [2.75, 3.05) is 13.2 Å². The highest BCUT2D eigenvalue weighted by Gasteiger charge is 2.10. The minimum absolute atomic E-state index is 0.0558. The van der Waals surface area contributed by atoms with Crippen LogP contribution in [0.15, 0.2) is 140 Å². The second kappa shape index (κ2) is 13.9. The first-order valence-corrected chi connectivity index (χ1v) is 13.6. The van der Waals surface area contributed by atoms with E-state index in [1.54, 1.807) is 0 Å². The number of hydrogen-bond donors (Lipinski definition) is 0. The molecule has 5 rings (SSSR count). The third kappa shape index (κ3) is 8.16. The number of ether oxygens (including phenoxy) is 2. The van der Waals surface area contributed by atoms with E-state index in [-0.39, 0.29) is 5.78 Å². The van der Waals surface area contributed by atoms with E-state index in [4.69, 9.17) is 9.47 Å². The Labute approximate surface area is 236 Å². The van der Waals surface area contributed by atoms with Gasteiger partial charge in [0.15, 0.2) is 5.78 Å². The smallest absolute Gasteiger partial charge is 0.167 e. The van der Waals surface area contributed by atoms with Gasteiger partial charge in [0.05, 0.1) is 0 Å². The lowest BCUT2D eigenvalue weighted by Crippen LogP contribution is -2.27. The van der Waals surface area contributed by atoms with E-state index >= 15 is 0 Å². The summed E-state index contributed by atoms with van der Waals surface area (Å²) >= 11 is 0. The third-order valence-corrected chi connectivity index (χ3v) is 6.59. The number of para-hydroxylation sites is 1. The minimum Gasteiger partial charge on any atom is -0.492 e. The summed E-state index contributed by atoms with van der Waals surface area (Å²) in [6.07, 6.45) is 0.306.